The first kappa shape index (κ1) is 25.7. The number of rotatable bonds is 4. The van der Waals surface area contributed by atoms with Crippen LogP contribution in [0.2, 0.25) is 5.02 Å². The van der Waals surface area contributed by atoms with Gasteiger partial charge in [0.1, 0.15) is 12.1 Å². The maximum atomic E-state index is 13.5. The van der Waals surface area contributed by atoms with Gasteiger partial charge in [0, 0.05) is 48.7 Å². The molecule has 1 amide bonds. The maximum absolute atomic E-state index is 13.5. The van der Waals surface area contributed by atoms with E-state index >= 15 is 0 Å². The highest BCUT2D eigenvalue weighted by Gasteiger charge is 2.34. The predicted molar refractivity (Wildman–Crippen MR) is 142 cm³/mol. The third kappa shape index (κ3) is 4.68. The van der Waals surface area contributed by atoms with Crippen molar-refractivity contribution in [2.45, 2.75) is 25.4 Å². The highest BCUT2D eigenvalue weighted by atomic mass is 35.5. The predicted octanol–water partition coefficient (Wildman–Crippen LogP) is 3.77. The van der Waals surface area contributed by atoms with Crippen LogP contribution in [0.5, 0.6) is 0 Å². The van der Waals surface area contributed by atoms with Crippen LogP contribution in [0.1, 0.15) is 17.7 Å². The van der Waals surface area contributed by atoms with Crippen LogP contribution in [0.4, 0.5) is 15.9 Å². The number of fused-ring (bicyclic) bond motifs is 2. The van der Waals surface area contributed by atoms with Gasteiger partial charge in [-0.1, -0.05) is 30.3 Å². The molecule has 4 heterocycles. The van der Waals surface area contributed by atoms with Gasteiger partial charge in [-0.05, 0) is 12.5 Å². The Balaban J connectivity index is 0.00000304. The van der Waals surface area contributed by atoms with Crippen LogP contribution in [0, 0.1) is 11.3 Å². The van der Waals surface area contributed by atoms with E-state index in [0.29, 0.717) is 31.2 Å². The summed E-state index contributed by atoms with van der Waals surface area (Å²) in [5.74, 6) is -0.964. The van der Waals surface area contributed by atoms with Crippen molar-refractivity contribution in [2.24, 2.45) is 0 Å². The van der Waals surface area contributed by atoms with Gasteiger partial charge < -0.3 is 14.7 Å². The minimum absolute atomic E-state index is 0. The van der Waals surface area contributed by atoms with E-state index in [1.165, 1.54) is 4.90 Å². The number of carbonyl (C=O) groups excluding carboxylic acids is 1. The van der Waals surface area contributed by atoms with Gasteiger partial charge in [0.25, 0.3) is 5.91 Å². The number of nitrogens with zero attached hydrogens (tertiary/aromatic N) is 7. The zero-order valence-corrected chi connectivity index (χ0v) is 21.2. The summed E-state index contributed by atoms with van der Waals surface area (Å²) < 4.78 is 13.5. The van der Waals surface area contributed by atoms with E-state index in [1.54, 1.807) is 6.33 Å². The fraction of sp³-hybridized carbons (Fsp3) is 0.320. The van der Waals surface area contributed by atoms with Crippen LogP contribution in [0.25, 0.3) is 10.8 Å². The minimum atomic E-state index is -1.01. The monoisotopic (exact) mass is 525 g/mol. The molecule has 186 valence electrons. The summed E-state index contributed by atoms with van der Waals surface area (Å²) in [6.07, 6.45) is 6.01. The summed E-state index contributed by atoms with van der Waals surface area (Å²) in [5.41, 5.74) is 2.93. The molecule has 1 aromatic carbocycles. The molecule has 2 aromatic heterocycles. The second-order valence-electron chi connectivity index (χ2n) is 8.66. The lowest BCUT2D eigenvalue weighted by atomic mass is 10.0. The van der Waals surface area contributed by atoms with Gasteiger partial charge in [-0.15, -0.1) is 0 Å². The van der Waals surface area contributed by atoms with E-state index in [4.69, 9.17) is 11.6 Å². The Morgan fingerprint density at radius 3 is 2.83 bits per heavy atom. The standard InChI is InChI=1S/C25H23ClFN7O.H2S/c1-16(27)25(35)34-10-9-33(13-18(34)5-7-28)24-19-6-8-32(14-21(19)30-15-31-24)22-12-29-11-17-3-2-4-20(26)23(17)22;/h2-4,11-12,15,18H,1,5-6,8-10,13-14H2;1H2/t18-;/m0./s1. The maximum Gasteiger partial charge on any atom is 0.282 e. The van der Waals surface area contributed by atoms with Crippen LogP contribution >= 0.6 is 25.1 Å². The number of halogens is 2. The first-order chi connectivity index (χ1) is 17.0. The lowest BCUT2D eigenvalue weighted by Crippen LogP contribution is -2.55. The van der Waals surface area contributed by atoms with E-state index in [1.807, 2.05) is 30.6 Å². The second kappa shape index (κ2) is 10.7. The molecule has 1 saturated heterocycles. The first-order valence-corrected chi connectivity index (χ1v) is 11.7. The number of amides is 1. The molecule has 3 aromatic rings. The van der Waals surface area contributed by atoms with Crippen molar-refractivity contribution >= 4 is 53.3 Å². The van der Waals surface area contributed by atoms with Crippen molar-refractivity contribution in [3.8, 4) is 6.07 Å². The van der Waals surface area contributed by atoms with Gasteiger partial charge in [-0.25, -0.2) is 14.4 Å². The van der Waals surface area contributed by atoms with Crippen LogP contribution in [-0.2, 0) is 17.8 Å². The Hall–Kier alpha value is -3.42. The molecule has 0 radical (unpaired) electrons. The lowest BCUT2D eigenvalue weighted by molar-refractivity contribution is -0.131. The molecular formula is C25H25ClFN7OS. The summed E-state index contributed by atoms with van der Waals surface area (Å²) in [4.78, 5) is 31.4. The van der Waals surface area contributed by atoms with Gasteiger partial charge in [-0.2, -0.15) is 18.8 Å². The molecular weight excluding hydrogens is 501 g/mol. The number of hydrogen-bond acceptors (Lipinski definition) is 7. The third-order valence-electron chi connectivity index (χ3n) is 6.64. The minimum Gasteiger partial charge on any atom is -0.363 e. The summed E-state index contributed by atoms with van der Waals surface area (Å²) in [6, 6.07) is 7.46. The van der Waals surface area contributed by atoms with Crippen molar-refractivity contribution in [2.75, 3.05) is 36.0 Å². The largest absolute Gasteiger partial charge is 0.363 e. The second-order valence-corrected chi connectivity index (χ2v) is 9.06. The van der Waals surface area contributed by atoms with Crippen molar-refractivity contribution in [3.63, 3.8) is 0 Å². The quantitative estimate of drug-likeness (QED) is 0.479. The SMILES string of the molecule is C=C(F)C(=O)N1CCN(c2ncnc3c2CCN(c2cncc4cccc(Cl)c24)C3)C[C@@H]1CC#N.S. The van der Waals surface area contributed by atoms with Crippen molar-refractivity contribution in [1.29, 1.82) is 5.26 Å². The van der Waals surface area contributed by atoms with E-state index in [0.717, 1.165) is 46.5 Å². The molecule has 0 saturated carbocycles. The Bertz CT molecular complexity index is 1360. The Morgan fingerprint density at radius 2 is 2.06 bits per heavy atom. The number of hydrogen-bond donors (Lipinski definition) is 0. The molecule has 5 rings (SSSR count). The molecule has 11 heteroatoms. The lowest BCUT2D eigenvalue weighted by Gasteiger charge is -2.42. The number of nitriles is 1. The fourth-order valence-corrected chi connectivity index (χ4v) is 5.26. The van der Waals surface area contributed by atoms with Gasteiger partial charge >= 0.3 is 0 Å². The number of piperazine rings is 1. The molecule has 0 N–H and O–H groups in total. The van der Waals surface area contributed by atoms with Gasteiger partial charge in [0.2, 0.25) is 0 Å². The van der Waals surface area contributed by atoms with Gasteiger partial charge in [-0.3, -0.25) is 9.78 Å². The molecule has 0 aliphatic carbocycles. The molecule has 1 atom stereocenters. The molecule has 8 nitrogen and oxygen atoms in total. The number of anilines is 2. The third-order valence-corrected chi connectivity index (χ3v) is 6.95. The van der Waals surface area contributed by atoms with Crippen LogP contribution in [0.3, 0.4) is 0 Å². The molecule has 0 spiro atoms. The first-order valence-electron chi connectivity index (χ1n) is 11.3. The Kier molecular flexibility index (Phi) is 7.62. The van der Waals surface area contributed by atoms with Gasteiger partial charge in [0.05, 0.1) is 47.7 Å². The van der Waals surface area contributed by atoms with Crippen LogP contribution < -0.4 is 9.80 Å². The van der Waals surface area contributed by atoms with Crippen LogP contribution in [0.15, 0.2) is 49.3 Å². The number of carbonyl (C=O) groups is 1. The zero-order valence-electron chi connectivity index (χ0n) is 19.5. The number of aromatic nitrogens is 3. The molecule has 0 unspecified atom stereocenters. The summed E-state index contributed by atoms with van der Waals surface area (Å²) in [5, 5.41) is 11.9. The molecule has 2 aliphatic rings. The summed E-state index contributed by atoms with van der Waals surface area (Å²) in [7, 11) is 0. The topological polar surface area (TPSA) is 89.2 Å². The van der Waals surface area contributed by atoms with Crippen molar-refractivity contribution in [3.05, 3.63) is 65.6 Å². The zero-order chi connectivity index (χ0) is 24.5. The van der Waals surface area contributed by atoms with E-state index in [2.05, 4.69) is 37.4 Å². The van der Waals surface area contributed by atoms with Crippen LogP contribution in [-0.4, -0.2) is 58.0 Å². The van der Waals surface area contributed by atoms with Crippen molar-refractivity contribution < 1.29 is 9.18 Å². The average molecular weight is 526 g/mol. The molecule has 2 aliphatic heterocycles. The Labute approximate surface area is 220 Å². The Morgan fingerprint density at radius 1 is 1.22 bits per heavy atom. The average Bonchev–Trinajstić information content (AvgIpc) is 2.87. The molecule has 1 fully saturated rings. The number of pyridine rings is 1. The summed E-state index contributed by atoms with van der Waals surface area (Å²) >= 11 is 6.53. The fourth-order valence-electron chi connectivity index (χ4n) is 4.98. The van der Waals surface area contributed by atoms with E-state index < -0.39 is 17.8 Å². The normalized spacial score (nSPS) is 17.2. The highest BCUT2D eigenvalue weighted by molar-refractivity contribution is 7.59. The summed E-state index contributed by atoms with van der Waals surface area (Å²) in [6.45, 7) is 5.61. The van der Waals surface area contributed by atoms with Gasteiger partial charge in [0.15, 0.2) is 5.83 Å². The molecule has 0 bridgehead atoms. The van der Waals surface area contributed by atoms with E-state index in [-0.39, 0.29) is 19.9 Å². The smallest absolute Gasteiger partial charge is 0.282 e. The highest BCUT2D eigenvalue weighted by Crippen LogP contribution is 2.35. The number of benzene rings is 1. The van der Waals surface area contributed by atoms with E-state index in [9.17, 15) is 14.4 Å². The van der Waals surface area contributed by atoms with Crippen molar-refractivity contribution in [1.82, 2.24) is 19.9 Å². The molecule has 36 heavy (non-hydrogen) atoms.